The van der Waals surface area contributed by atoms with Crippen molar-refractivity contribution in [3.63, 3.8) is 0 Å². The van der Waals surface area contributed by atoms with Gasteiger partial charge in [-0.2, -0.15) is 0 Å². The maximum absolute atomic E-state index is 11.1. The average molecular weight is 242 g/mol. The lowest BCUT2D eigenvalue weighted by molar-refractivity contribution is -0.117. The Balaban J connectivity index is 2.21. The number of β-amino-alcohol motifs (C(OH)–C–C–N with tert-alkyl or cyclic N) is 1. The van der Waals surface area contributed by atoms with Crippen LogP contribution in [0.5, 0.6) is 0 Å². The first-order chi connectivity index (χ1) is 8.15. The van der Waals surface area contributed by atoms with E-state index in [0.717, 1.165) is 25.9 Å². The molecule has 1 aliphatic rings. The van der Waals surface area contributed by atoms with Gasteiger partial charge in [0.15, 0.2) is 0 Å². The molecule has 1 atom stereocenters. The highest BCUT2D eigenvalue weighted by atomic mass is 16.5. The Hall–Kier alpha value is -0.910. The third-order valence-electron chi connectivity index (χ3n) is 2.95. The molecule has 5 nitrogen and oxygen atoms in total. The van der Waals surface area contributed by atoms with Crippen molar-refractivity contribution in [2.24, 2.45) is 0 Å². The van der Waals surface area contributed by atoms with Crippen molar-refractivity contribution >= 4 is 5.91 Å². The minimum absolute atomic E-state index is 0.108. The van der Waals surface area contributed by atoms with Crippen LogP contribution in [0, 0.1) is 0 Å². The number of carbonyl (C=O) groups excluding carboxylic acids is 1. The molecule has 0 unspecified atom stereocenters. The van der Waals surface area contributed by atoms with Gasteiger partial charge < -0.3 is 20.1 Å². The molecular formula is C12H22N2O3. The molecule has 0 aliphatic carbocycles. The number of aliphatic hydroxyl groups excluding tert-OH is 1. The molecule has 98 valence electrons. The van der Waals surface area contributed by atoms with Gasteiger partial charge in [-0.25, -0.2) is 0 Å². The number of aliphatic hydroxyl groups is 1. The highest BCUT2D eigenvalue weighted by molar-refractivity contribution is 5.87. The van der Waals surface area contributed by atoms with Gasteiger partial charge in [-0.1, -0.05) is 6.58 Å². The fourth-order valence-electron chi connectivity index (χ4n) is 2.06. The molecule has 1 aliphatic heterocycles. The Bertz CT molecular complexity index is 250. The molecule has 1 amide bonds. The minimum atomic E-state index is -0.431. The lowest BCUT2D eigenvalue weighted by atomic mass is 10.0. The van der Waals surface area contributed by atoms with E-state index in [4.69, 9.17) is 4.74 Å². The summed E-state index contributed by atoms with van der Waals surface area (Å²) in [5.74, 6) is -0.108. The van der Waals surface area contributed by atoms with Gasteiger partial charge >= 0.3 is 0 Å². The summed E-state index contributed by atoms with van der Waals surface area (Å²) in [5, 5.41) is 12.5. The largest absolute Gasteiger partial charge is 0.389 e. The van der Waals surface area contributed by atoms with E-state index in [2.05, 4.69) is 16.8 Å². The van der Waals surface area contributed by atoms with Gasteiger partial charge in [0.2, 0.25) is 5.91 Å². The van der Waals surface area contributed by atoms with Crippen LogP contribution in [0.1, 0.15) is 12.8 Å². The van der Waals surface area contributed by atoms with Gasteiger partial charge in [-0.3, -0.25) is 4.79 Å². The van der Waals surface area contributed by atoms with E-state index in [0.29, 0.717) is 13.2 Å². The predicted octanol–water partition coefficient (Wildman–Crippen LogP) is -0.240. The Morgan fingerprint density at radius 1 is 1.65 bits per heavy atom. The molecule has 2 N–H and O–H groups in total. The number of carbonyl (C=O) groups is 1. The lowest BCUT2D eigenvalue weighted by Gasteiger charge is -2.33. The number of ether oxygens (including phenoxy) is 1. The molecule has 0 saturated carbocycles. The van der Waals surface area contributed by atoms with Crippen LogP contribution in [-0.4, -0.2) is 61.4 Å². The second kappa shape index (κ2) is 7.42. The fourth-order valence-corrected chi connectivity index (χ4v) is 2.06. The van der Waals surface area contributed by atoms with E-state index < -0.39 is 6.10 Å². The van der Waals surface area contributed by atoms with Crippen LogP contribution in [0.4, 0.5) is 0 Å². The summed E-state index contributed by atoms with van der Waals surface area (Å²) in [6.07, 6.45) is 2.70. The Morgan fingerprint density at radius 2 is 2.29 bits per heavy atom. The van der Waals surface area contributed by atoms with Gasteiger partial charge in [-0.15, -0.1) is 0 Å². The number of nitrogens with one attached hydrogen (secondary N) is 1. The van der Waals surface area contributed by atoms with Crippen molar-refractivity contribution in [1.29, 1.82) is 0 Å². The van der Waals surface area contributed by atoms with Crippen LogP contribution < -0.4 is 5.32 Å². The standard InChI is InChI=1S/C12H22N2O3/c1-3-12(16)13-10-4-6-14(7-5-10)8-11(15)9-17-2/h3,10-11,15H,1,4-9H2,2H3,(H,13,16)/t11-/m0/s1. The number of likely N-dealkylation sites (tertiary alicyclic amines) is 1. The van der Waals surface area contributed by atoms with Crippen LogP contribution >= 0.6 is 0 Å². The Labute approximate surface area is 102 Å². The number of amides is 1. The van der Waals surface area contributed by atoms with E-state index in [-0.39, 0.29) is 11.9 Å². The van der Waals surface area contributed by atoms with E-state index in [1.807, 2.05) is 0 Å². The number of hydrogen-bond donors (Lipinski definition) is 2. The SMILES string of the molecule is C=CC(=O)NC1CCN(C[C@H](O)COC)CC1. The number of nitrogens with zero attached hydrogens (tertiary/aromatic N) is 1. The maximum atomic E-state index is 11.1. The maximum Gasteiger partial charge on any atom is 0.243 e. The highest BCUT2D eigenvalue weighted by Crippen LogP contribution is 2.10. The van der Waals surface area contributed by atoms with Crippen LogP contribution in [0.3, 0.4) is 0 Å². The molecule has 1 fully saturated rings. The van der Waals surface area contributed by atoms with Gasteiger partial charge in [0, 0.05) is 32.8 Å². The monoisotopic (exact) mass is 242 g/mol. The third-order valence-corrected chi connectivity index (χ3v) is 2.95. The zero-order valence-corrected chi connectivity index (χ0v) is 10.4. The van der Waals surface area contributed by atoms with Crippen molar-refractivity contribution in [1.82, 2.24) is 10.2 Å². The molecule has 1 rings (SSSR count). The van der Waals surface area contributed by atoms with Crippen molar-refractivity contribution in [3.05, 3.63) is 12.7 Å². The van der Waals surface area contributed by atoms with E-state index in [9.17, 15) is 9.90 Å². The average Bonchev–Trinajstić information content (AvgIpc) is 2.32. The smallest absolute Gasteiger partial charge is 0.243 e. The number of rotatable bonds is 6. The molecule has 0 spiro atoms. The fraction of sp³-hybridized carbons (Fsp3) is 0.750. The van der Waals surface area contributed by atoms with Gasteiger partial charge in [0.1, 0.15) is 0 Å². The number of hydrogen-bond acceptors (Lipinski definition) is 4. The first-order valence-corrected chi connectivity index (χ1v) is 5.98. The molecule has 0 radical (unpaired) electrons. The second-order valence-corrected chi connectivity index (χ2v) is 4.40. The summed E-state index contributed by atoms with van der Waals surface area (Å²) in [7, 11) is 1.58. The second-order valence-electron chi connectivity index (χ2n) is 4.40. The van der Waals surface area contributed by atoms with Crippen molar-refractivity contribution < 1.29 is 14.6 Å². The van der Waals surface area contributed by atoms with E-state index in [1.165, 1.54) is 6.08 Å². The summed E-state index contributed by atoms with van der Waals surface area (Å²) in [6, 6.07) is 0.233. The van der Waals surface area contributed by atoms with Crippen LogP contribution in [-0.2, 0) is 9.53 Å². The van der Waals surface area contributed by atoms with Crippen molar-refractivity contribution in [3.8, 4) is 0 Å². The minimum Gasteiger partial charge on any atom is -0.389 e. The topological polar surface area (TPSA) is 61.8 Å². The summed E-state index contributed by atoms with van der Waals surface area (Å²) >= 11 is 0. The van der Waals surface area contributed by atoms with Gasteiger partial charge in [0.25, 0.3) is 0 Å². The zero-order chi connectivity index (χ0) is 12.7. The molecule has 0 aromatic heterocycles. The normalized spacial score (nSPS) is 19.9. The summed E-state index contributed by atoms with van der Waals surface area (Å²) in [4.78, 5) is 13.3. The van der Waals surface area contributed by atoms with Crippen LogP contribution in [0.2, 0.25) is 0 Å². The molecule has 1 heterocycles. The quantitative estimate of drug-likeness (QED) is 0.631. The molecule has 1 saturated heterocycles. The van der Waals surface area contributed by atoms with E-state index in [1.54, 1.807) is 7.11 Å². The first kappa shape index (κ1) is 14.2. The van der Waals surface area contributed by atoms with Gasteiger partial charge in [-0.05, 0) is 18.9 Å². The summed E-state index contributed by atoms with van der Waals surface area (Å²) in [6.45, 7) is 6.22. The van der Waals surface area contributed by atoms with Gasteiger partial charge in [0.05, 0.1) is 12.7 Å². The lowest BCUT2D eigenvalue weighted by Crippen LogP contribution is -2.46. The predicted molar refractivity (Wildman–Crippen MR) is 65.7 cm³/mol. The molecule has 5 heteroatoms. The number of piperidine rings is 1. The Morgan fingerprint density at radius 3 is 2.82 bits per heavy atom. The summed E-state index contributed by atoms with van der Waals surface area (Å²) in [5.41, 5.74) is 0. The molecule has 17 heavy (non-hydrogen) atoms. The first-order valence-electron chi connectivity index (χ1n) is 5.98. The van der Waals surface area contributed by atoms with Crippen LogP contribution in [0.25, 0.3) is 0 Å². The zero-order valence-electron chi connectivity index (χ0n) is 10.4. The van der Waals surface area contributed by atoms with Crippen molar-refractivity contribution in [2.45, 2.75) is 25.0 Å². The number of methoxy groups -OCH3 is 1. The molecule has 0 bridgehead atoms. The van der Waals surface area contributed by atoms with Crippen molar-refractivity contribution in [2.75, 3.05) is 33.4 Å². The molecular weight excluding hydrogens is 220 g/mol. The summed E-state index contributed by atoms with van der Waals surface area (Å²) < 4.78 is 4.89. The highest BCUT2D eigenvalue weighted by Gasteiger charge is 2.21. The molecule has 0 aromatic rings. The Kier molecular flexibility index (Phi) is 6.18. The third kappa shape index (κ3) is 5.30. The molecule has 0 aromatic carbocycles. The van der Waals surface area contributed by atoms with E-state index >= 15 is 0 Å². The van der Waals surface area contributed by atoms with Crippen LogP contribution in [0.15, 0.2) is 12.7 Å².